The van der Waals surface area contributed by atoms with Crippen LogP contribution >= 0.6 is 0 Å². The third-order valence-corrected chi connectivity index (χ3v) is 3.44. The first-order chi connectivity index (χ1) is 10.4. The first-order valence-electron chi connectivity index (χ1n) is 6.34. The summed E-state index contributed by atoms with van der Waals surface area (Å²) in [6, 6.07) is 4.75. The molecule has 2 aromatic rings. The Morgan fingerprint density at radius 2 is 1.95 bits per heavy atom. The van der Waals surface area contributed by atoms with Gasteiger partial charge in [-0.2, -0.15) is 13.2 Å². The molecule has 1 aromatic carbocycles. The summed E-state index contributed by atoms with van der Waals surface area (Å²) in [4.78, 5) is 10.1. The highest BCUT2D eigenvalue weighted by Crippen LogP contribution is 2.33. The van der Waals surface area contributed by atoms with E-state index in [1.54, 1.807) is 0 Å². The zero-order chi connectivity index (χ0) is 15.9. The predicted molar refractivity (Wildman–Crippen MR) is 68.0 cm³/mol. The van der Waals surface area contributed by atoms with Crippen molar-refractivity contribution in [2.75, 3.05) is 6.54 Å². The Labute approximate surface area is 121 Å². The van der Waals surface area contributed by atoms with Gasteiger partial charge in [0.2, 0.25) is 5.82 Å². The monoisotopic (exact) mass is 313 g/mol. The molecule has 1 aromatic heterocycles. The van der Waals surface area contributed by atoms with E-state index in [1.807, 2.05) is 0 Å². The number of nitrogens with zero attached hydrogens (tertiary/aromatic N) is 4. The minimum absolute atomic E-state index is 0.118. The van der Waals surface area contributed by atoms with Crippen molar-refractivity contribution in [2.45, 2.75) is 18.8 Å². The van der Waals surface area contributed by atoms with Crippen molar-refractivity contribution in [3.8, 4) is 0 Å². The maximum atomic E-state index is 13.0. The molecule has 1 unspecified atom stereocenters. The van der Waals surface area contributed by atoms with Gasteiger partial charge in [-0.15, -0.1) is 10.2 Å². The van der Waals surface area contributed by atoms with Gasteiger partial charge in [0.15, 0.2) is 0 Å². The van der Waals surface area contributed by atoms with Crippen LogP contribution in [0.4, 0.5) is 18.9 Å². The summed E-state index contributed by atoms with van der Waals surface area (Å²) in [5.74, 6) is -0.880. The number of halogens is 3. The van der Waals surface area contributed by atoms with Crippen molar-refractivity contribution in [3.63, 3.8) is 0 Å². The van der Waals surface area contributed by atoms with Gasteiger partial charge in [0.25, 0.3) is 5.69 Å². The van der Waals surface area contributed by atoms with Gasteiger partial charge in [-0.1, -0.05) is 12.1 Å². The third-order valence-electron chi connectivity index (χ3n) is 3.44. The lowest BCUT2D eigenvalue weighted by Crippen LogP contribution is -2.36. The molecule has 7 nitrogen and oxygen atoms in total. The summed E-state index contributed by atoms with van der Waals surface area (Å²) in [6.07, 6.45) is -4.61. The number of alkyl halides is 3. The minimum Gasteiger partial charge on any atom is -0.307 e. The molecule has 0 aliphatic carbocycles. The number of rotatable bonds is 2. The Morgan fingerprint density at radius 1 is 1.27 bits per heavy atom. The summed E-state index contributed by atoms with van der Waals surface area (Å²) < 4.78 is 40.1. The summed E-state index contributed by atoms with van der Waals surface area (Å²) in [6.45, 7) is 0.443. The summed E-state index contributed by atoms with van der Waals surface area (Å²) in [5, 5.41) is 20.4. The number of non-ortho nitro benzene ring substituents is 1. The molecular weight excluding hydrogens is 303 g/mol. The molecule has 116 valence electrons. The van der Waals surface area contributed by atoms with Gasteiger partial charge in [-0.05, 0) is 5.56 Å². The van der Waals surface area contributed by atoms with Crippen LogP contribution < -0.4 is 5.32 Å². The highest BCUT2D eigenvalue weighted by Gasteiger charge is 2.41. The molecule has 22 heavy (non-hydrogen) atoms. The number of fused-ring (bicyclic) bond motifs is 1. The van der Waals surface area contributed by atoms with E-state index in [9.17, 15) is 23.3 Å². The summed E-state index contributed by atoms with van der Waals surface area (Å²) in [7, 11) is 0. The van der Waals surface area contributed by atoms with Crippen LogP contribution in [0, 0.1) is 10.1 Å². The zero-order valence-electron chi connectivity index (χ0n) is 11.0. The first kappa shape index (κ1) is 14.4. The number of hydrogen-bond acceptors (Lipinski definition) is 5. The van der Waals surface area contributed by atoms with Crippen molar-refractivity contribution >= 4 is 5.69 Å². The quantitative estimate of drug-likeness (QED) is 0.676. The molecule has 0 radical (unpaired) electrons. The van der Waals surface area contributed by atoms with Gasteiger partial charge in [0, 0.05) is 18.7 Å². The number of nitro groups is 1. The molecule has 3 rings (SSSR count). The molecule has 0 saturated heterocycles. The molecule has 2 heterocycles. The maximum absolute atomic E-state index is 13.0. The zero-order valence-corrected chi connectivity index (χ0v) is 11.0. The maximum Gasteiger partial charge on any atom is 0.451 e. The molecule has 0 amide bonds. The van der Waals surface area contributed by atoms with E-state index in [2.05, 4.69) is 15.5 Å². The largest absolute Gasteiger partial charge is 0.451 e. The van der Waals surface area contributed by atoms with Crippen LogP contribution in [0.3, 0.4) is 0 Å². The van der Waals surface area contributed by atoms with Crippen molar-refractivity contribution in [1.82, 2.24) is 20.1 Å². The van der Waals surface area contributed by atoms with E-state index in [4.69, 9.17) is 0 Å². The second-order valence-electron chi connectivity index (χ2n) is 4.80. The molecule has 1 N–H and O–H groups in total. The Bertz CT molecular complexity index is 711. The second-order valence-corrected chi connectivity index (χ2v) is 4.80. The lowest BCUT2D eigenvalue weighted by atomic mass is 10.0. The van der Waals surface area contributed by atoms with E-state index in [1.165, 1.54) is 24.3 Å². The fourth-order valence-electron chi connectivity index (χ4n) is 2.46. The predicted octanol–water partition coefficient (Wildman–Crippen LogP) is 1.90. The smallest absolute Gasteiger partial charge is 0.307 e. The molecule has 10 heteroatoms. The number of nitro benzene ring substituents is 1. The van der Waals surface area contributed by atoms with E-state index in [-0.39, 0.29) is 24.6 Å². The normalized spacial score (nSPS) is 18.0. The van der Waals surface area contributed by atoms with Crippen LogP contribution in [0.2, 0.25) is 0 Å². The highest BCUT2D eigenvalue weighted by atomic mass is 19.4. The van der Waals surface area contributed by atoms with E-state index < -0.39 is 23.0 Å². The van der Waals surface area contributed by atoms with Gasteiger partial charge < -0.3 is 5.32 Å². The number of benzene rings is 1. The highest BCUT2D eigenvalue weighted by molar-refractivity contribution is 5.35. The number of aromatic nitrogens is 3. The minimum atomic E-state index is -4.61. The van der Waals surface area contributed by atoms with Gasteiger partial charge in [0.1, 0.15) is 5.82 Å². The van der Waals surface area contributed by atoms with Crippen molar-refractivity contribution in [3.05, 3.63) is 51.6 Å². The van der Waals surface area contributed by atoms with Crippen LogP contribution in [0.25, 0.3) is 0 Å². The summed E-state index contributed by atoms with van der Waals surface area (Å²) >= 11 is 0. The molecule has 0 saturated carbocycles. The molecule has 0 spiro atoms. The van der Waals surface area contributed by atoms with Crippen LogP contribution in [0.15, 0.2) is 24.3 Å². The lowest BCUT2D eigenvalue weighted by molar-refractivity contribution is -0.384. The first-order valence-corrected chi connectivity index (χ1v) is 6.34. The van der Waals surface area contributed by atoms with E-state index in [0.29, 0.717) is 5.56 Å². The summed E-state index contributed by atoms with van der Waals surface area (Å²) in [5.41, 5.74) is 0.400. The average Bonchev–Trinajstić information content (AvgIpc) is 2.91. The molecule has 1 atom stereocenters. The Balaban J connectivity index is 2.04. The van der Waals surface area contributed by atoms with Crippen LogP contribution in [0.5, 0.6) is 0 Å². The Kier molecular flexibility index (Phi) is 3.32. The van der Waals surface area contributed by atoms with Gasteiger partial charge in [-0.25, -0.2) is 0 Å². The van der Waals surface area contributed by atoms with E-state index >= 15 is 0 Å². The number of nitrogens with one attached hydrogen (secondary N) is 1. The van der Waals surface area contributed by atoms with Gasteiger partial charge >= 0.3 is 6.18 Å². The topological polar surface area (TPSA) is 85.9 Å². The molecule has 0 fully saturated rings. The lowest BCUT2D eigenvalue weighted by Gasteiger charge is -2.27. The SMILES string of the molecule is O=[N+]([O-])c1ccc(C2CNCc3nnc(C(F)(F)F)n32)cc1. The van der Waals surface area contributed by atoms with Crippen LogP contribution in [0.1, 0.15) is 23.3 Å². The van der Waals surface area contributed by atoms with Crippen LogP contribution in [-0.4, -0.2) is 26.2 Å². The fraction of sp³-hybridized carbons (Fsp3) is 0.333. The molecular formula is C12H10F3N5O2. The van der Waals surface area contributed by atoms with Crippen molar-refractivity contribution < 1.29 is 18.1 Å². The average molecular weight is 313 g/mol. The standard InChI is InChI=1S/C12H10F3N5O2/c13-12(14,15)11-18-17-10-6-16-5-9(19(10)11)7-1-3-8(4-2-7)20(21)22/h1-4,9,16H,5-6H2. The molecule has 0 bridgehead atoms. The van der Waals surface area contributed by atoms with Crippen LogP contribution in [-0.2, 0) is 12.7 Å². The van der Waals surface area contributed by atoms with Gasteiger partial charge in [-0.3, -0.25) is 14.7 Å². The Hall–Kier alpha value is -2.49. The molecule has 1 aliphatic rings. The molecule has 1 aliphatic heterocycles. The van der Waals surface area contributed by atoms with Crippen molar-refractivity contribution in [2.24, 2.45) is 0 Å². The number of hydrogen-bond donors (Lipinski definition) is 1. The van der Waals surface area contributed by atoms with Crippen molar-refractivity contribution in [1.29, 1.82) is 0 Å². The second kappa shape index (κ2) is 5.05. The Morgan fingerprint density at radius 3 is 2.55 bits per heavy atom. The third kappa shape index (κ3) is 2.41. The van der Waals surface area contributed by atoms with E-state index in [0.717, 1.165) is 4.57 Å². The van der Waals surface area contributed by atoms with Gasteiger partial charge in [0.05, 0.1) is 17.5 Å². The fourth-order valence-corrected chi connectivity index (χ4v) is 2.46.